The minimum absolute atomic E-state index is 0.0385. The van der Waals surface area contributed by atoms with Gasteiger partial charge in [-0.05, 0) is 36.6 Å². The summed E-state index contributed by atoms with van der Waals surface area (Å²) in [5.74, 6) is 1.05. The highest BCUT2D eigenvalue weighted by Gasteiger charge is 2.18. The molecule has 10 heteroatoms. The molecule has 9 nitrogen and oxygen atoms in total. The maximum Gasteiger partial charge on any atom is 0.274 e. The second-order valence-corrected chi connectivity index (χ2v) is 9.37. The van der Waals surface area contributed by atoms with Crippen molar-refractivity contribution in [2.75, 3.05) is 11.1 Å². The number of anilines is 1. The van der Waals surface area contributed by atoms with E-state index in [0.29, 0.717) is 22.2 Å². The number of para-hydroxylation sites is 1. The zero-order chi connectivity index (χ0) is 26.5. The van der Waals surface area contributed by atoms with Crippen molar-refractivity contribution in [1.29, 1.82) is 0 Å². The lowest BCUT2D eigenvalue weighted by molar-refractivity contribution is -0.385. The van der Waals surface area contributed by atoms with Gasteiger partial charge in [-0.1, -0.05) is 72.4 Å². The molecule has 0 radical (unpaired) electrons. The number of rotatable bonds is 9. The van der Waals surface area contributed by atoms with Gasteiger partial charge >= 0.3 is 0 Å². The molecule has 1 N–H and O–H groups in total. The molecule has 0 unspecified atom stereocenters. The van der Waals surface area contributed by atoms with Crippen molar-refractivity contribution in [1.82, 2.24) is 14.8 Å². The Bertz CT molecular complexity index is 1620. The molecule has 0 spiro atoms. The molecule has 0 atom stereocenters. The van der Waals surface area contributed by atoms with E-state index in [1.165, 1.54) is 17.8 Å². The molecule has 0 aliphatic heterocycles. The van der Waals surface area contributed by atoms with E-state index in [1.54, 1.807) is 19.1 Å². The number of hydrogen-bond donors (Lipinski definition) is 1. The van der Waals surface area contributed by atoms with Gasteiger partial charge in [0.05, 0.1) is 10.7 Å². The highest BCUT2D eigenvalue weighted by atomic mass is 32.2. The van der Waals surface area contributed by atoms with Crippen LogP contribution in [0.5, 0.6) is 5.75 Å². The molecule has 0 saturated heterocycles. The number of fused-ring (bicyclic) bond motifs is 1. The normalized spacial score (nSPS) is 10.9. The highest BCUT2D eigenvalue weighted by Crippen LogP contribution is 2.28. The van der Waals surface area contributed by atoms with E-state index in [1.807, 2.05) is 77.4 Å². The number of carbonyl (C=O) groups is 1. The standard InChI is InChI=1S/C28H23N5O4S/c1-19-14-15-21(16-24(19)33(35)36)29-27(34)18-38-28-31-30-26(32(28)22-10-3-2-4-11-22)17-37-25-13-7-9-20-8-5-6-12-23(20)25/h2-16H,17-18H2,1H3,(H,29,34). The number of aryl methyl sites for hydroxylation is 1. The van der Waals surface area contributed by atoms with E-state index in [2.05, 4.69) is 15.5 Å². The van der Waals surface area contributed by atoms with Crippen molar-refractivity contribution in [3.8, 4) is 11.4 Å². The predicted octanol–water partition coefficient (Wildman–Crippen LogP) is 5.95. The molecule has 38 heavy (non-hydrogen) atoms. The van der Waals surface area contributed by atoms with Crippen LogP contribution in [-0.4, -0.2) is 31.3 Å². The average Bonchev–Trinajstić information content (AvgIpc) is 3.35. The maximum atomic E-state index is 12.7. The van der Waals surface area contributed by atoms with Crippen LogP contribution in [0.3, 0.4) is 0 Å². The molecule has 0 saturated carbocycles. The fourth-order valence-corrected chi connectivity index (χ4v) is 4.77. The Balaban J connectivity index is 1.33. The molecule has 4 aromatic carbocycles. The summed E-state index contributed by atoms with van der Waals surface area (Å²) in [7, 11) is 0. The van der Waals surface area contributed by atoms with Crippen LogP contribution < -0.4 is 10.1 Å². The summed E-state index contributed by atoms with van der Waals surface area (Å²) in [4.78, 5) is 23.4. The molecular weight excluding hydrogens is 502 g/mol. The second-order valence-electron chi connectivity index (χ2n) is 8.43. The van der Waals surface area contributed by atoms with Gasteiger partial charge in [0, 0.05) is 28.4 Å². The van der Waals surface area contributed by atoms with Crippen molar-refractivity contribution in [3.63, 3.8) is 0 Å². The number of nitro groups is 1. The molecule has 0 fully saturated rings. The van der Waals surface area contributed by atoms with Crippen molar-refractivity contribution in [2.45, 2.75) is 18.7 Å². The lowest BCUT2D eigenvalue weighted by Gasteiger charge is -2.12. The summed E-state index contributed by atoms with van der Waals surface area (Å²) < 4.78 is 8.02. The van der Waals surface area contributed by atoms with Gasteiger partial charge in [-0.15, -0.1) is 10.2 Å². The Hall–Kier alpha value is -4.70. The Kier molecular flexibility index (Phi) is 7.32. The summed E-state index contributed by atoms with van der Waals surface area (Å²) in [5.41, 5.74) is 1.68. The van der Waals surface area contributed by atoms with Gasteiger partial charge in [-0.25, -0.2) is 0 Å². The topological polar surface area (TPSA) is 112 Å². The first kappa shape index (κ1) is 25.0. The van der Waals surface area contributed by atoms with Gasteiger partial charge in [0.2, 0.25) is 5.91 Å². The van der Waals surface area contributed by atoms with Crippen molar-refractivity contribution < 1.29 is 14.5 Å². The smallest absolute Gasteiger partial charge is 0.274 e. The Morgan fingerprint density at radius 1 is 1.00 bits per heavy atom. The zero-order valence-corrected chi connectivity index (χ0v) is 21.2. The Morgan fingerprint density at radius 2 is 1.76 bits per heavy atom. The number of aromatic nitrogens is 3. The number of benzene rings is 4. The van der Waals surface area contributed by atoms with Gasteiger partial charge < -0.3 is 10.1 Å². The van der Waals surface area contributed by atoms with Gasteiger partial charge in [0.15, 0.2) is 11.0 Å². The molecule has 0 aliphatic rings. The molecule has 190 valence electrons. The molecule has 0 bridgehead atoms. The van der Waals surface area contributed by atoms with Crippen LogP contribution in [0.2, 0.25) is 0 Å². The third-order valence-corrected chi connectivity index (χ3v) is 6.77. The van der Waals surface area contributed by atoms with E-state index >= 15 is 0 Å². The van der Waals surface area contributed by atoms with Crippen LogP contribution in [0.15, 0.2) is 96.2 Å². The third-order valence-electron chi connectivity index (χ3n) is 5.84. The first-order valence-corrected chi connectivity index (χ1v) is 12.8. The Labute approximate surface area is 222 Å². The lowest BCUT2D eigenvalue weighted by atomic mass is 10.1. The highest BCUT2D eigenvalue weighted by molar-refractivity contribution is 7.99. The van der Waals surface area contributed by atoms with Gasteiger partial charge in [0.1, 0.15) is 12.4 Å². The fourth-order valence-electron chi connectivity index (χ4n) is 4.00. The van der Waals surface area contributed by atoms with Crippen molar-refractivity contribution in [2.24, 2.45) is 0 Å². The molecule has 5 aromatic rings. The number of ether oxygens (including phenoxy) is 1. The average molecular weight is 526 g/mol. The van der Waals surface area contributed by atoms with Crippen LogP contribution >= 0.6 is 11.8 Å². The summed E-state index contributed by atoms with van der Waals surface area (Å²) in [6.45, 7) is 1.83. The number of carbonyl (C=O) groups excluding carboxylic acids is 1. The van der Waals surface area contributed by atoms with Crippen LogP contribution in [0.1, 0.15) is 11.4 Å². The van der Waals surface area contributed by atoms with Crippen LogP contribution in [0.4, 0.5) is 11.4 Å². The molecule has 1 amide bonds. The second kappa shape index (κ2) is 11.1. The minimum Gasteiger partial charge on any atom is -0.485 e. The summed E-state index contributed by atoms with van der Waals surface area (Å²) in [6, 6.07) is 28.1. The number of amides is 1. The predicted molar refractivity (Wildman–Crippen MR) is 147 cm³/mol. The molecule has 5 rings (SSSR count). The number of nitro benzene ring substituents is 1. The minimum atomic E-state index is -0.468. The van der Waals surface area contributed by atoms with E-state index in [4.69, 9.17) is 4.74 Å². The summed E-state index contributed by atoms with van der Waals surface area (Å²) in [6.07, 6.45) is 0. The summed E-state index contributed by atoms with van der Waals surface area (Å²) >= 11 is 1.22. The number of nitrogens with zero attached hydrogens (tertiary/aromatic N) is 4. The van der Waals surface area contributed by atoms with E-state index in [-0.39, 0.29) is 24.0 Å². The van der Waals surface area contributed by atoms with E-state index in [9.17, 15) is 14.9 Å². The molecule has 0 aliphatic carbocycles. The van der Waals surface area contributed by atoms with Crippen molar-refractivity contribution in [3.05, 3.63) is 112 Å². The quantitative estimate of drug-likeness (QED) is 0.144. The molecule has 1 aromatic heterocycles. The van der Waals surface area contributed by atoms with Gasteiger partial charge in [0.25, 0.3) is 5.69 Å². The van der Waals surface area contributed by atoms with Crippen molar-refractivity contribution >= 4 is 39.8 Å². The third kappa shape index (κ3) is 5.50. The number of hydrogen-bond acceptors (Lipinski definition) is 7. The van der Waals surface area contributed by atoms with E-state index in [0.717, 1.165) is 22.2 Å². The monoisotopic (exact) mass is 525 g/mol. The van der Waals surface area contributed by atoms with Crippen LogP contribution in [0, 0.1) is 17.0 Å². The number of nitrogens with one attached hydrogen (secondary N) is 1. The largest absolute Gasteiger partial charge is 0.485 e. The fraction of sp³-hybridized carbons (Fsp3) is 0.107. The van der Waals surface area contributed by atoms with E-state index < -0.39 is 4.92 Å². The maximum absolute atomic E-state index is 12.7. The van der Waals surface area contributed by atoms with Crippen LogP contribution in [-0.2, 0) is 11.4 Å². The molecule has 1 heterocycles. The molecular formula is C28H23N5O4S. The van der Waals surface area contributed by atoms with Gasteiger partial charge in [-0.2, -0.15) is 0 Å². The first-order chi connectivity index (χ1) is 18.5. The SMILES string of the molecule is Cc1ccc(NC(=O)CSc2nnc(COc3cccc4ccccc34)n2-c2ccccc2)cc1[N+](=O)[O-]. The van der Waals surface area contributed by atoms with Crippen LogP contribution in [0.25, 0.3) is 16.5 Å². The first-order valence-electron chi connectivity index (χ1n) is 11.8. The summed E-state index contributed by atoms with van der Waals surface area (Å²) in [5, 5.41) is 25.2. The lowest BCUT2D eigenvalue weighted by Crippen LogP contribution is -2.15. The van der Waals surface area contributed by atoms with Gasteiger partial charge in [-0.3, -0.25) is 19.5 Å². The zero-order valence-electron chi connectivity index (χ0n) is 20.4. The number of thioether (sulfide) groups is 1. The Morgan fingerprint density at radius 3 is 2.58 bits per heavy atom.